The second kappa shape index (κ2) is 6.37. The minimum absolute atomic E-state index is 0.440. The number of esters is 1. The quantitative estimate of drug-likeness (QED) is 0.653. The Hall–Kier alpha value is -2.05. The molecule has 0 radical (unpaired) electrons. The highest BCUT2D eigenvalue weighted by Gasteiger charge is 2.63. The molecule has 0 saturated heterocycles. The van der Waals surface area contributed by atoms with E-state index in [1.807, 2.05) is 0 Å². The molecule has 1 atom stereocenters. The van der Waals surface area contributed by atoms with Gasteiger partial charge in [-0.05, 0) is 12.1 Å². The van der Waals surface area contributed by atoms with Crippen molar-refractivity contribution < 1.29 is 31.1 Å². The number of nitrogens with one attached hydrogen (secondary N) is 1. The van der Waals surface area contributed by atoms with Gasteiger partial charge < -0.3 is 4.74 Å². The molecular formula is C13H12F3NO4S. The molecule has 5 nitrogen and oxygen atoms in total. The highest BCUT2D eigenvalue weighted by atomic mass is 32.2. The number of rotatable bonds is 5. The summed E-state index contributed by atoms with van der Waals surface area (Å²) in [6.45, 7) is 0. The van der Waals surface area contributed by atoms with Gasteiger partial charge in [-0.15, -0.1) is 12.3 Å². The zero-order valence-electron chi connectivity index (χ0n) is 11.3. The first-order valence-corrected chi connectivity index (χ1v) is 7.26. The van der Waals surface area contributed by atoms with Crippen LogP contribution in [0.4, 0.5) is 13.2 Å². The predicted molar refractivity (Wildman–Crippen MR) is 71.0 cm³/mol. The molecular weight excluding hydrogens is 323 g/mol. The summed E-state index contributed by atoms with van der Waals surface area (Å²) in [5.41, 5.74) is -3.55. The molecule has 9 heteroatoms. The third-order valence-electron chi connectivity index (χ3n) is 2.75. The molecule has 0 bridgehead atoms. The fourth-order valence-corrected chi connectivity index (χ4v) is 3.00. The van der Waals surface area contributed by atoms with Crippen molar-refractivity contribution in [3.8, 4) is 12.3 Å². The van der Waals surface area contributed by atoms with Gasteiger partial charge in [-0.3, -0.25) is 0 Å². The van der Waals surface area contributed by atoms with Gasteiger partial charge in [0.15, 0.2) is 0 Å². The molecule has 1 unspecified atom stereocenters. The van der Waals surface area contributed by atoms with Gasteiger partial charge in [0.2, 0.25) is 15.6 Å². The van der Waals surface area contributed by atoms with E-state index in [1.165, 1.54) is 22.9 Å². The lowest BCUT2D eigenvalue weighted by atomic mass is 9.96. The number of carbonyl (C=O) groups is 1. The van der Waals surface area contributed by atoms with Gasteiger partial charge in [-0.2, -0.15) is 17.9 Å². The van der Waals surface area contributed by atoms with Crippen molar-refractivity contribution in [1.82, 2.24) is 4.72 Å². The van der Waals surface area contributed by atoms with Crippen molar-refractivity contribution >= 4 is 16.0 Å². The number of sulfonamides is 1. The molecule has 1 aromatic carbocycles. The summed E-state index contributed by atoms with van der Waals surface area (Å²) in [7, 11) is -3.94. The number of ether oxygens (including phenoxy) is 1. The third kappa shape index (κ3) is 3.40. The molecule has 1 rings (SSSR count). The van der Waals surface area contributed by atoms with Crippen LogP contribution in [0.15, 0.2) is 35.2 Å². The van der Waals surface area contributed by atoms with Gasteiger partial charge in [-0.25, -0.2) is 13.2 Å². The minimum Gasteiger partial charge on any atom is -0.467 e. The van der Waals surface area contributed by atoms with Crippen molar-refractivity contribution in [1.29, 1.82) is 0 Å². The lowest BCUT2D eigenvalue weighted by Crippen LogP contribution is -2.64. The summed E-state index contributed by atoms with van der Waals surface area (Å²) in [5.74, 6) is -0.179. The largest absolute Gasteiger partial charge is 0.467 e. The van der Waals surface area contributed by atoms with Crippen LogP contribution in [0.5, 0.6) is 0 Å². The first-order chi connectivity index (χ1) is 10.1. The number of alkyl halides is 3. The highest BCUT2D eigenvalue weighted by Crippen LogP contribution is 2.35. The van der Waals surface area contributed by atoms with Gasteiger partial charge in [-0.1, -0.05) is 18.2 Å². The van der Waals surface area contributed by atoms with Crippen LogP contribution in [0, 0.1) is 12.3 Å². The number of hydrogen-bond donors (Lipinski definition) is 1. The molecule has 0 amide bonds. The van der Waals surface area contributed by atoms with E-state index < -0.39 is 39.0 Å². The van der Waals surface area contributed by atoms with Crippen LogP contribution in [-0.2, 0) is 19.6 Å². The maximum atomic E-state index is 13.3. The maximum Gasteiger partial charge on any atom is 0.419 e. The summed E-state index contributed by atoms with van der Waals surface area (Å²) in [5, 5.41) is 0. The molecule has 0 aromatic heterocycles. The number of benzene rings is 1. The number of carbonyl (C=O) groups excluding carboxylic acids is 1. The average molecular weight is 335 g/mol. The van der Waals surface area contributed by atoms with E-state index in [-0.39, 0.29) is 0 Å². The summed E-state index contributed by atoms with van der Waals surface area (Å²) >= 11 is 0. The molecule has 0 fully saturated rings. The molecule has 0 aliphatic heterocycles. The van der Waals surface area contributed by atoms with E-state index in [1.54, 1.807) is 5.92 Å². The fourth-order valence-electron chi connectivity index (χ4n) is 1.64. The van der Waals surface area contributed by atoms with E-state index in [9.17, 15) is 26.4 Å². The van der Waals surface area contributed by atoms with Crippen molar-refractivity contribution in [2.45, 2.75) is 23.0 Å². The molecule has 0 saturated carbocycles. The molecule has 1 aromatic rings. The smallest absolute Gasteiger partial charge is 0.419 e. The monoisotopic (exact) mass is 335 g/mol. The van der Waals surface area contributed by atoms with Crippen LogP contribution in [0.1, 0.15) is 6.42 Å². The number of hydrogen-bond acceptors (Lipinski definition) is 4. The molecule has 0 aliphatic carbocycles. The van der Waals surface area contributed by atoms with Gasteiger partial charge >= 0.3 is 12.1 Å². The second-order valence-electron chi connectivity index (χ2n) is 4.19. The van der Waals surface area contributed by atoms with E-state index in [0.29, 0.717) is 7.11 Å². The lowest BCUT2D eigenvalue weighted by Gasteiger charge is -2.31. The topological polar surface area (TPSA) is 72.5 Å². The number of methoxy groups -OCH3 is 1. The summed E-state index contributed by atoms with van der Waals surface area (Å²) in [6.07, 6.45) is -1.66. The van der Waals surface area contributed by atoms with Gasteiger partial charge in [0.05, 0.1) is 12.0 Å². The second-order valence-corrected chi connectivity index (χ2v) is 5.88. The predicted octanol–water partition coefficient (Wildman–Crippen LogP) is 1.46. The van der Waals surface area contributed by atoms with Gasteiger partial charge in [0.1, 0.15) is 0 Å². The summed E-state index contributed by atoms with van der Waals surface area (Å²) < 4.78 is 69.6. The van der Waals surface area contributed by atoms with Crippen LogP contribution < -0.4 is 4.72 Å². The van der Waals surface area contributed by atoms with Crippen LogP contribution in [0.25, 0.3) is 0 Å². The third-order valence-corrected chi connectivity index (χ3v) is 4.26. The maximum absolute atomic E-state index is 13.3. The van der Waals surface area contributed by atoms with E-state index in [2.05, 4.69) is 4.74 Å². The lowest BCUT2D eigenvalue weighted by molar-refractivity contribution is -0.206. The van der Waals surface area contributed by atoms with Gasteiger partial charge in [0, 0.05) is 6.42 Å². The number of halogens is 3. The van der Waals surface area contributed by atoms with E-state index in [4.69, 9.17) is 6.42 Å². The van der Waals surface area contributed by atoms with Crippen LogP contribution in [0.3, 0.4) is 0 Å². The van der Waals surface area contributed by atoms with Crippen molar-refractivity contribution in [3.63, 3.8) is 0 Å². The Kier molecular flexibility index (Phi) is 5.22. The van der Waals surface area contributed by atoms with Crippen molar-refractivity contribution in [2.75, 3.05) is 7.11 Å². The Balaban J connectivity index is 3.42. The first kappa shape index (κ1) is 18.0. The molecule has 120 valence electrons. The molecule has 1 N–H and O–H groups in total. The summed E-state index contributed by atoms with van der Waals surface area (Å²) in [4.78, 5) is 11.2. The van der Waals surface area contributed by atoms with Crippen LogP contribution >= 0.6 is 0 Å². The molecule has 0 spiro atoms. The number of terminal acetylenes is 1. The Morgan fingerprint density at radius 1 is 1.32 bits per heavy atom. The van der Waals surface area contributed by atoms with E-state index >= 15 is 0 Å². The van der Waals surface area contributed by atoms with Gasteiger partial charge in [0.25, 0.3) is 0 Å². The highest BCUT2D eigenvalue weighted by molar-refractivity contribution is 7.89. The van der Waals surface area contributed by atoms with Crippen molar-refractivity contribution in [3.05, 3.63) is 30.3 Å². The Morgan fingerprint density at radius 2 is 1.86 bits per heavy atom. The molecule has 22 heavy (non-hydrogen) atoms. The zero-order chi connectivity index (χ0) is 17.0. The molecule has 0 heterocycles. The Bertz CT molecular complexity index is 679. The normalized spacial score (nSPS) is 14.7. The average Bonchev–Trinajstić information content (AvgIpc) is 2.45. The van der Waals surface area contributed by atoms with Crippen LogP contribution in [-0.4, -0.2) is 33.2 Å². The first-order valence-electron chi connectivity index (χ1n) is 5.78. The Labute approximate surface area is 125 Å². The summed E-state index contributed by atoms with van der Waals surface area (Å²) in [6, 6.07) is 6.29. The standard InChI is InChI=1S/C13H12F3NO4S/c1-3-9-12(11(18)21-2,13(14,15)16)17-22(19,20)10-7-5-4-6-8-10/h1,4-8,17H,9H2,2H3. The van der Waals surface area contributed by atoms with Crippen LogP contribution in [0.2, 0.25) is 0 Å². The minimum atomic E-state index is -5.28. The fraction of sp³-hybridized carbons (Fsp3) is 0.308. The van der Waals surface area contributed by atoms with Crippen molar-refractivity contribution in [2.24, 2.45) is 0 Å². The zero-order valence-corrected chi connectivity index (χ0v) is 12.2. The molecule has 0 aliphatic rings. The Morgan fingerprint density at radius 3 is 2.27 bits per heavy atom. The SMILES string of the molecule is C#CCC(NS(=O)(=O)c1ccccc1)(C(=O)OC)C(F)(F)F. The van der Waals surface area contributed by atoms with E-state index in [0.717, 1.165) is 12.1 Å².